The fourth-order valence-corrected chi connectivity index (χ4v) is 4.93. The average Bonchev–Trinajstić information content (AvgIpc) is 3.32. The number of aromatic nitrogens is 6. The van der Waals surface area contributed by atoms with Gasteiger partial charge in [0.25, 0.3) is 5.56 Å². The van der Waals surface area contributed by atoms with Crippen molar-refractivity contribution in [2.75, 3.05) is 22.9 Å². The maximum Gasteiger partial charge on any atom is 0.330 e. The highest BCUT2D eigenvalue weighted by Gasteiger charge is 2.25. The second kappa shape index (κ2) is 12.4. The first-order valence-electron chi connectivity index (χ1n) is 12.4. The lowest BCUT2D eigenvalue weighted by molar-refractivity contribution is -0.116. The number of hydrogen-bond acceptors (Lipinski definition) is 8. The molecule has 0 aliphatic carbocycles. The van der Waals surface area contributed by atoms with E-state index in [0.717, 1.165) is 17.5 Å². The van der Waals surface area contributed by atoms with Crippen LogP contribution in [-0.4, -0.2) is 47.5 Å². The van der Waals surface area contributed by atoms with Crippen LogP contribution in [0.3, 0.4) is 0 Å². The lowest BCUT2D eigenvalue weighted by Crippen LogP contribution is -2.42. The number of anilines is 2. The van der Waals surface area contributed by atoms with Crippen LogP contribution < -0.4 is 21.9 Å². The summed E-state index contributed by atoms with van der Waals surface area (Å²) in [6, 6.07) is 13.0. The van der Waals surface area contributed by atoms with Crippen molar-refractivity contribution in [1.82, 2.24) is 29.3 Å². The molecule has 0 saturated heterocycles. The molecule has 198 valence electrons. The minimum absolute atomic E-state index is 0.00881. The molecular formula is C26H30N8O3S. The summed E-state index contributed by atoms with van der Waals surface area (Å²) in [4.78, 5) is 46.7. The molecular weight excluding hydrogens is 504 g/mol. The predicted molar refractivity (Wildman–Crippen MR) is 148 cm³/mol. The molecule has 4 aromatic rings. The molecule has 12 heteroatoms. The van der Waals surface area contributed by atoms with Crippen LogP contribution in [0.4, 0.5) is 11.5 Å². The first-order chi connectivity index (χ1) is 18.4. The quantitative estimate of drug-likeness (QED) is 0.280. The Morgan fingerprint density at radius 2 is 1.76 bits per heavy atom. The zero-order chi connectivity index (χ0) is 27.1. The number of nitrogens with one attached hydrogen (secondary N) is 1. The van der Waals surface area contributed by atoms with E-state index in [1.165, 1.54) is 21.2 Å². The topological polar surface area (TPSA) is 145 Å². The van der Waals surface area contributed by atoms with Gasteiger partial charge in [-0.05, 0) is 30.5 Å². The number of aromatic amines is 1. The lowest BCUT2D eigenvalue weighted by Gasteiger charge is -2.24. The number of rotatable bonds is 11. The highest BCUT2D eigenvalue weighted by atomic mass is 32.2. The minimum atomic E-state index is -0.697. The summed E-state index contributed by atoms with van der Waals surface area (Å²) >= 11 is 1.24. The zero-order valence-corrected chi connectivity index (χ0v) is 22.1. The van der Waals surface area contributed by atoms with Crippen LogP contribution in [0.1, 0.15) is 32.3 Å². The molecule has 3 N–H and O–H groups in total. The number of nitrogens with two attached hydrogens (primary N) is 1. The van der Waals surface area contributed by atoms with Crippen molar-refractivity contribution in [3.05, 3.63) is 81.3 Å². The first-order valence-corrected chi connectivity index (χ1v) is 13.4. The van der Waals surface area contributed by atoms with Gasteiger partial charge in [-0.3, -0.25) is 24.1 Å². The van der Waals surface area contributed by atoms with Crippen LogP contribution in [0.5, 0.6) is 0 Å². The highest BCUT2D eigenvalue weighted by molar-refractivity contribution is 7.99. The van der Waals surface area contributed by atoms with Gasteiger partial charge in [-0.1, -0.05) is 55.9 Å². The summed E-state index contributed by atoms with van der Waals surface area (Å²) in [5.74, 6) is 0.330. The van der Waals surface area contributed by atoms with Gasteiger partial charge >= 0.3 is 5.69 Å². The normalized spacial score (nSPS) is 11.0. The number of thioether (sulfide) groups is 1. The molecule has 0 atom stereocenters. The third-order valence-electron chi connectivity index (χ3n) is 5.84. The summed E-state index contributed by atoms with van der Waals surface area (Å²) in [6.07, 6.45) is 4.83. The van der Waals surface area contributed by atoms with E-state index in [9.17, 15) is 14.4 Å². The van der Waals surface area contributed by atoms with Gasteiger partial charge in [0.2, 0.25) is 5.91 Å². The number of pyridine rings is 1. The summed E-state index contributed by atoms with van der Waals surface area (Å²) in [5, 5.41) is 9.25. The molecule has 0 saturated carbocycles. The molecule has 0 aliphatic heterocycles. The molecule has 1 aromatic carbocycles. The summed E-state index contributed by atoms with van der Waals surface area (Å²) in [5.41, 5.74) is 6.72. The predicted octanol–water partition coefficient (Wildman–Crippen LogP) is 2.77. The van der Waals surface area contributed by atoms with Gasteiger partial charge in [0, 0.05) is 31.0 Å². The van der Waals surface area contributed by atoms with Gasteiger partial charge in [-0.2, -0.15) is 0 Å². The van der Waals surface area contributed by atoms with Crippen LogP contribution in [0.2, 0.25) is 0 Å². The molecule has 0 fully saturated rings. The molecule has 3 heterocycles. The van der Waals surface area contributed by atoms with Crippen molar-refractivity contribution >= 4 is 29.2 Å². The SMILES string of the molecule is CCCN(C(=O)CSc1nnc(-c2ccncc2)n1CCC)c1c(N)n(Cc2ccccc2)c(=O)[nH]c1=O. The van der Waals surface area contributed by atoms with Crippen molar-refractivity contribution in [2.45, 2.75) is 44.9 Å². The number of H-pyrrole nitrogens is 1. The largest absolute Gasteiger partial charge is 0.383 e. The summed E-state index contributed by atoms with van der Waals surface area (Å²) < 4.78 is 3.24. The minimum Gasteiger partial charge on any atom is -0.383 e. The number of benzene rings is 1. The monoisotopic (exact) mass is 534 g/mol. The van der Waals surface area contributed by atoms with Crippen LogP contribution in [0.15, 0.2) is 69.6 Å². The van der Waals surface area contributed by atoms with Gasteiger partial charge in [0.1, 0.15) is 5.82 Å². The second-order valence-electron chi connectivity index (χ2n) is 8.59. The van der Waals surface area contributed by atoms with Crippen molar-refractivity contribution in [2.24, 2.45) is 0 Å². The van der Waals surface area contributed by atoms with E-state index in [1.807, 2.05) is 54.0 Å². The molecule has 0 radical (unpaired) electrons. The van der Waals surface area contributed by atoms with Gasteiger partial charge in [0.05, 0.1) is 12.3 Å². The van der Waals surface area contributed by atoms with Gasteiger partial charge in [0.15, 0.2) is 16.7 Å². The molecule has 0 spiro atoms. The maximum atomic E-state index is 13.5. The number of hydrogen-bond donors (Lipinski definition) is 2. The van der Waals surface area contributed by atoms with E-state index >= 15 is 0 Å². The number of amides is 1. The number of carbonyl (C=O) groups excluding carboxylic acids is 1. The standard InChI is InChI=1S/C26H30N8O3S/c1-3-14-32(21-22(27)34(25(37)29-24(21)36)16-18-8-6-5-7-9-18)20(35)17-38-26-31-30-23(33(26)15-4-2)19-10-12-28-13-11-19/h5-13H,3-4,14-17,27H2,1-2H3,(H,29,36,37). The lowest BCUT2D eigenvalue weighted by atomic mass is 10.2. The zero-order valence-electron chi connectivity index (χ0n) is 21.3. The molecule has 0 bridgehead atoms. The van der Waals surface area contributed by atoms with Gasteiger partial charge < -0.3 is 15.2 Å². The highest BCUT2D eigenvalue weighted by Crippen LogP contribution is 2.26. The number of nitrogen functional groups attached to an aromatic ring is 1. The molecule has 1 amide bonds. The molecule has 4 rings (SSSR count). The van der Waals surface area contributed by atoms with E-state index in [1.54, 1.807) is 12.4 Å². The number of nitrogens with zero attached hydrogens (tertiary/aromatic N) is 6. The Kier molecular flexibility index (Phi) is 8.74. The first kappa shape index (κ1) is 26.9. The fraction of sp³-hybridized carbons (Fsp3) is 0.308. The van der Waals surface area contributed by atoms with E-state index in [0.29, 0.717) is 23.9 Å². The van der Waals surface area contributed by atoms with E-state index in [2.05, 4.69) is 27.1 Å². The molecule has 3 aromatic heterocycles. The Morgan fingerprint density at radius 1 is 1.03 bits per heavy atom. The van der Waals surface area contributed by atoms with Crippen LogP contribution in [-0.2, 0) is 17.9 Å². The molecule has 11 nitrogen and oxygen atoms in total. The van der Waals surface area contributed by atoms with E-state index in [-0.39, 0.29) is 36.3 Å². The maximum absolute atomic E-state index is 13.5. The Bertz CT molecular complexity index is 1500. The van der Waals surface area contributed by atoms with Crippen LogP contribution >= 0.6 is 11.8 Å². The molecule has 38 heavy (non-hydrogen) atoms. The van der Waals surface area contributed by atoms with Crippen molar-refractivity contribution in [1.29, 1.82) is 0 Å². The van der Waals surface area contributed by atoms with Gasteiger partial charge in [-0.25, -0.2) is 4.79 Å². The third kappa shape index (κ3) is 5.86. The average molecular weight is 535 g/mol. The van der Waals surface area contributed by atoms with Gasteiger partial charge in [-0.15, -0.1) is 10.2 Å². The Labute approximate surface area is 223 Å². The second-order valence-corrected chi connectivity index (χ2v) is 9.54. The Morgan fingerprint density at radius 3 is 2.45 bits per heavy atom. The van der Waals surface area contributed by atoms with Crippen LogP contribution in [0, 0.1) is 0 Å². The van der Waals surface area contributed by atoms with E-state index in [4.69, 9.17) is 5.73 Å². The van der Waals surface area contributed by atoms with E-state index < -0.39 is 11.2 Å². The molecule has 0 unspecified atom stereocenters. The smallest absolute Gasteiger partial charge is 0.330 e. The van der Waals surface area contributed by atoms with Crippen molar-refractivity contribution in [3.63, 3.8) is 0 Å². The van der Waals surface area contributed by atoms with Crippen molar-refractivity contribution < 1.29 is 4.79 Å². The van der Waals surface area contributed by atoms with Crippen molar-refractivity contribution in [3.8, 4) is 11.4 Å². The summed E-state index contributed by atoms with van der Waals surface area (Å²) in [6.45, 7) is 5.06. The third-order valence-corrected chi connectivity index (χ3v) is 6.79. The number of carbonyl (C=O) groups is 1. The Balaban J connectivity index is 1.61. The fourth-order valence-electron chi connectivity index (χ4n) is 4.09. The summed E-state index contributed by atoms with van der Waals surface area (Å²) in [7, 11) is 0. The Hall–Kier alpha value is -4.19. The van der Waals surface area contributed by atoms with Crippen LogP contribution in [0.25, 0.3) is 11.4 Å². The molecule has 0 aliphatic rings.